The van der Waals surface area contributed by atoms with E-state index in [4.69, 9.17) is 4.52 Å². The van der Waals surface area contributed by atoms with Crippen LogP contribution in [0.3, 0.4) is 0 Å². The second kappa shape index (κ2) is 8.25. The number of aromatic nitrogens is 2. The maximum atomic E-state index is 5.32. The molecule has 1 aromatic rings. The SMILES string of the molecule is CCCC(Cc1nc(CCC(C)C)no1)NCC. The maximum Gasteiger partial charge on any atom is 0.228 e. The van der Waals surface area contributed by atoms with Gasteiger partial charge in [-0.3, -0.25) is 0 Å². The minimum Gasteiger partial charge on any atom is -0.339 e. The predicted octanol–water partition coefficient (Wildman–Crippen LogP) is 2.98. The summed E-state index contributed by atoms with van der Waals surface area (Å²) >= 11 is 0. The van der Waals surface area contributed by atoms with Crippen molar-refractivity contribution in [2.75, 3.05) is 6.54 Å². The van der Waals surface area contributed by atoms with Gasteiger partial charge in [0.25, 0.3) is 0 Å². The molecule has 104 valence electrons. The van der Waals surface area contributed by atoms with Crippen LogP contribution in [0.15, 0.2) is 4.52 Å². The molecule has 1 rings (SSSR count). The van der Waals surface area contributed by atoms with E-state index >= 15 is 0 Å². The summed E-state index contributed by atoms with van der Waals surface area (Å²) in [5.41, 5.74) is 0. The van der Waals surface area contributed by atoms with Crippen molar-refractivity contribution in [1.82, 2.24) is 15.5 Å². The van der Waals surface area contributed by atoms with Crippen LogP contribution in [0.4, 0.5) is 0 Å². The van der Waals surface area contributed by atoms with Gasteiger partial charge in [-0.2, -0.15) is 4.98 Å². The summed E-state index contributed by atoms with van der Waals surface area (Å²) in [5.74, 6) is 2.31. The summed E-state index contributed by atoms with van der Waals surface area (Å²) in [6, 6.07) is 0.457. The van der Waals surface area contributed by atoms with E-state index in [0.29, 0.717) is 12.0 Å². The molecule has 0 fully saturated rings. The first kappa shape index (κ1) is 15.2. The highest BCUT2D eigenvalue weighted by atomic mass is 16.5. The lowest BCUT2D eigenvalue weighted by atomic mass is 10.1. The Kier molecular flexibility index (Phi) is 6.94. The molecule has 0 saturated heterocycles. The first-order chi connectivity index (χ1) is 8.65. The van der Waals surface area contributed by atoms with E-state index in [1.54, 1.807) is 0 Å². The van der Waals surface area contributed by atoms with E-state index in [1.165, 1.54) is 6.42 Å². The predicted molar refractivity (Wildman–Crippen MR) is 73.5 cm³/mol. The topological polar surface area (TPSA) is 51.0 Å². The summed E-state index contributed by atoms with van der Waals surface area (Å²) in [7, 11) is 0. The van der Waals surface area contributed by atoms with Crippen molar-refractivity contribution in [2.45, 2.75) is 65.8 Å². The number of hydrogen-bond donors (Lipinski definition) is 1. The molecule has 1 aromatic heterocycles. The van der Waals surface area contributed by atoms with Crippen molar-refractivity contribution in [1.29, 1.82) is 0 Å². The fourth-order valence-electron chi connectivity index (χ4n) is 2.02. The molecule has 0 amide bonds. The van der Waals surface area contributed by atoms with Gasteiger partial charge in [-0.1, -0.05) is 39.3 Å². The van der Waals surface area contributed by atoms with Crippen LogP contribution >= 0.6 is 0 Å². The van der Waals surface area contributed by atoms with Gasteiger partial charge in [-0.15, -0.1) is 0 Å². The van der Waals surface area contributed by atoms with Crippen LogP contribution in [0.5, 0.6) is 0 Å². The molecule has 1 atom stereocenters. The highest BCUT2D eigenvalue weighted by molar-refractivity contribution is 4.90. The van der Waals surface area contributed by atoms with Gasteiger partial charge in [0.1, 0.15) is 0 Å². The molecule has 4 nitrogen and oxygen atoms in total. The Morgan fingerprint density at radius 1 is 1.22 bits per heavy atom. The van der Waals surface area contributed by atoms with Crippen molar-refractivity contribution in [2.24, 2.45) is 5.92 Å². The minimum absolute atomic E-state index is 0.457. The number of nitrogens with one attached hydrogen (secondary N) is 1. The molecule has 4 heteroatoms. The zero-order chi connectivity index (χ0) is 13.4. The molecule has 1 unspecified atom stereocenters. The molecule has 1 N–H and O–H groups in total. The summed E-state index contributed by atoms with van der Waals surface area (Å²) in [5, 5.41) is 7.51. The molecule has 0 bridgehead atoms. The Morgan fingerprint density at radius 2 is 2.00 bits per heavy atom. The summed E-state index contributed by atoms with van der Waals surface area (Å²) < 4.78 is 5.32. The molecule has 0 radical (unpaired) electrons. The average molecular weight is 253 g/mol. The number of hydrogen-bond acceptors (Lipinski definition) is 4. The molecule has 18 heavy (non-hydrogen) atoms. The lowest BCUT2D eigenvalue weighted by molar-refractivity contribution is 0.347. The Morgan fingerprint density at radius 3 is 2.61 bits per heavy atom. The van der Waals surface area contributed by atoms with Crippen LogP contribution in [0.1, 0.15) is 58.7 Å². The standard InChI is InChI=1S/C14H27N3O/c1-5-7-12(15-6-2)10-14-16-13(17-18-14)9-8-11(3)4/h11-12,15H,5-10H2,1-4H3. The molecule has 0 aliphatic carbocycles. The first-order valence-electron chi connectivity index (χ1n) is 7.20. The van der Waals surface area contributed by atoms with E-state index in [-0.39, 0.29) is 0 Å². The molecule has 0 aromatic carbocycles. The fraction of sp³-hybridized carbons (Fsp3) is 0.857. The second-order valence-corrected chi connectivity index (χ2v) is 5.28. The smallest absolute Gasteiger partial charge is 0.228 e. The van der Waals surface area contributed by atoms with Gasteiger partial charge in [-0.05, 0) is 25.3 Å². The Balaban J connectivity index is 2.45. The van der Waals surface area contributed by atoms with E-state index in [2.05, 4.69) is 43.2 Å². The lowest BCUT2D eigenvalue weighted by Gasteiger charge is -2.14. The number of aryl methyl sites for hydroxylation is 1. The van der Waals surface area contributed by atoms with E-state index in [0.717, 1.165) is 43.9 Å². The Hall–Kier alpha value is -0.900. The highest BCUT2D eigenvalue weighted by Gasteiger charge is 2.13. The molecular formula is C14H27N3O. The quantitative estimate of drug-likeness (QED) is 0.735. The van der Waals surface area contributed by atoms with E-state index in [9.17, 15) is 0 Å². The normalized spacial score (nSPS) is 13.2. The largest absolute Gasteiger partial charge is 0.339 e. The Labute approximate surface area is 111 Å². The molecular weight excluding hydrogens is 226 g/mol. The third kappa shape index (κ3) is 5.63. The summed E-state index contributed by atoms with van der Waals surface area (Å²) in [6.07, 6.45) is 5.20. The Bertz CT molecular complexity index is 317. The number of nitrogens with zero attached hydrogens (tertiary/aromatic N) is 2. The molecule has 0 aliphatic rings. The third-order valence-corrected chi connectivity index (χ3v) is 3.01. The van der Waals surface area contributed by atoms with Crippen LogP contribution in [0.2, 0.25) is 0 Å². The average Bonchev–Trinajstić information content (AvgIpc) is 2.75. The number of rotatable bonds is 9. The monoisotopic (exact) mass is 253 g/mol. The molecule has 0 spiro atoms. The second-order valence-electron chi connectivity index (χ2n) is 5.28. The molecule has 1 heterocycles. The summed E-state index contributed by atoms with van der Waals surface area (Å²) in [6.45, 7) is 9.74. The fourth-order valence-corrected chi connectivity index (χ4v) is 2.02. The molecule has 0 aliphatic heterocycles. The van der Waals surface area contributed by atoms with Crippen LogP contribution in [0.25, 0.3) is 0 Å². The van der Waals surface area contributed by atoms with Crippen LogP contribution in [0, 0.1) is 5.92 Å². The first-order valence-corrected chi connectivity index (χ1v) is 7.20. The van der Waals surface area contributed by atoms with Gasteiger partial charge >= 0.3 is 0 Å². The van der Waals surface area contributed by atoms with Gasteiger partial charge in [0.15, 0.2) is 5.82 Å². The van der Waals surface area contributed by atoms with Crippen molar-refractivity contribution in [3.05, 3.63) is 11.7 Å². The van der Waals surface area contributed by atoms with Crippen molar-refractivity contribution < 1.29 is 4.52 Å². The minimum atomic E-state index is 0.457. The lowest BCUT2D eigenvalue weighted by Crippen LogP contribution is -2.30. The van der Waals surface area contributed by atoms with Gasteiger partial charge in [0, 0.05) is 18.9 Å². The summed E-state index contributed by atoms with van der Waals surface area (Å²) in [4.78, 5) is 4.47. The van der Waals surface area contributed by atoms with Gasteiger partial charge in [0.2, 0.25) is 5.89 Å². The van der Waals surface area contributed by atoms with Gasteiger partial charge < -0.3 is 9.84 Å². The van der Waals surface area contributed by atoms with Gasteiger partial charge in [0.05, 0.1) is 0 Å². The maximum absolute atomic E-state index is 5.32. The van der Waals surface area contributed by atoms with Crippen LogP contribution in [-0.4, -0.2) is 22.7 Å². The zero-order valence-electron chi connectivity index (χ0n) is 12.2. The van der Waals surface area contributed by atoms with Crippen LogP contribution < -0.4 is 5.32 Å². The highest BCUT2D eigenvalue weighted by Crippen LogP contribution is 2.09. The van der Waals surface area contributed by atoms with Crippen molar-refractivity contribution in [3.8, 4) is 0 Å². The van der Waals surface area contributed by atoms with Crippen molar-refractivity contribution in [3.63, 3.8) is 0 Å². The van der Waals surface area contributed by atoms with Crippen LogP contribution in [-0.2, 0) is 12.8 Å². The third-order valence-electron chi connectivity index (χ3n) is 3.01. The molecule has 0 saturated carbocycles. The van der Waals surface area contributed by atoms with Gasteiger partial charge in [-0.25, -0.2) is 0 Å². The number of likely N-dealkylation sites (N-methyl/N-ethyl adjacent to an activating group) is 1. The van der Waals surface area contributed by atoms with Crippen molar-refractivity contribution >= 4 is 0 Å². The van der Waals surface area contributed by atoms with E-state index < -0.39 is 0 Å². The van der Waals surface area contributed by atoms with E-state index in [1.807, 2.05) is 0 Å². The zero-order valence-corrected chi connectivity index (χ0v) is 12.2.